The fraction of sp³-hybridized carbons (Fsp3) is 0.353. The molecule has 1 aromatic carbocycles. The highest BCUT2D eigenvalue weighted by Gasteiger charge is 2.17. The first-order valence-corrected chi connectivity index (χ1v) is 7.28. The van der Waals surface area contributed by atoms with Gasteiger partial charge in [-0.25, -0.2) is 8.78 Å². The topological polar surface area (TPSA) is 24.9 Å². The molecule has 1 atom stereocenters. The van der Waals surface area contributed by atoms with Gasteiger partial charge < -0.3 is 5.32 Å². The van der Waals surface area contributed by atoms with Crippen molar-refractivity contribution in [2.75, 3.05) is 6.54 Å². The Bertz CT molecular complexity index is 599. The summed E-state index contributed by atoms with van der Waals surface area (Å²) in [6, 6.07) is 5.86. The summed E-state index contributed by atoms with van der Waals surface area (Å²) in [5.74, 6) is -1.64. The minimum Gasteiger partial charge on any atom is -0.306 e. The second-order valence-corrected chi connectivity index (χ2v) is 4.99. The first-order valence-electron chi connectivity index (χ1n) is 7.28. The van der Waals surface area contributed by atoms with Crippen molar-refractivity contribution >= 4 is 0 Å². The van der Waals surface area contributed by atoms with Gasteiger partial charge in [-0.2, -0.15) is 0 Å². The van der Waals surface area contributed by atoms with Crippen LogP contribution in [0.25, 0.3) is 0 Å². The Balaban J connectivity index is 2.44. The maximum absolute atomic E-state index is 13.5. The number of hydrogen-bond acceptors (Lipinski definition) is 2. The Kier molecular flexibility index (Phi) is 5.39. The van der Waals surface area contributed by atoms with E-state index in [1.807, 2.05) is 12.3 Å². The van der Waals surface area contributed by atoms with Gasteiger partial charge in [-0.3, -0.25) is 4.98 Å². The van der Waals surface area contributed by atoms with E-state index in [0.717, 1.165) is 36.1 Å². The van der Waals surface area contributed by atoms with Crippen LogP contribution in [0.2, 0.25) is 0 Å². The molecule has 1 heterocycles. The summed E-state index contributed by atoms with van der Waals surface area (Å²) in [6.45, 7) is 4.93. The zero-order valence-electron chi connectivity index (χ0n) is 12.4. The third-order valence-electron chi connectivity index (χ3n) is 3.51. The van der Waals surface area contributed by atoms with Crippen LogP contribution < -0.4 is 5.32 Å². The molecule has 0 saturated carbocycles. The summed E-state index contributed by atoms with van der Waals surface area (Å²) in [5, 5.41) is 3.41. The highest BCUT2D eigenvalue weighted by Crippen LogP contribution is 2.26. The third kappa shape index (κ3) is 3.64. The van der Waals surface area contributed by atoms with Gasteiger partial charge in [0.15, 0.2) is 11.6 Å². The molecule has 1 N–H and O–H groups in total. The van der Waals surface area contributed by atoms with Gasteiger partial charge in [-0.15, -0.1) is 0 Å². The van der Waals surface area contributed by atoms with E-state index in [2.05, 4.69) is 24.1 Å². The minimum absolute atomic E-state index is 0.155. The van der Waals surface area contributed by atoms with Crippen molar-refractivity contribution in [1.82, 2.24) is 10.3 Å². The van der Waals surface area contributed by atoms with Crippen molar-refractivity contribution in [2.24, 2.45) is 0 Å². The van der Waals surface area contributed by atoms with Crippen molar-refractivity contribution in [2.45, 2.75) is 32.7 Å². The molecule has 2 nitrogen and oxygen atoms in total. The van der Waals surface area contributed by atoms with Crippen molar-refractivity contribution in [3.05, 3.63) is 65.0 Å². The number of rotatable bonds is 6. The van der Waals surface area contributed by atoms with Crippen LogP contribution in [0.15, 0.2) is 36.7 Å². The Morgan fingerprint density at radius 2 is 1.95 bits per heavy atom. The molecule has 0 aliphatic carbocycles. The lowest BCUT2D eigenvalue weighted by molar-refractivity contribution is 0.503. The van der Waals surface area contributed by atoms with Crippen LogP contribution in [0.4, 0.5) is 8.78 Å². The second-order valence-electron chi connectivity index (χ2n) is 4.99. The average Bonchev–Trinajstić information content (AvgIpc) is 2.51. The van der Waals surface area contributed by atoms with Crippen LogP contribution in [-0.2, 0) is 6.42 Å². The Hall–Kier alpha value is -1.81. The summed E-state index contributed by atoms with van der Waals surface area (Å²) in [6.07, 6.45) is 5.37. The fourth-order valence-electron chi connectivity index (χ4n) is 2.40. The van der Waals surface area contributed by atoms with E-state index in [1.165, 1.54) is 12.1 Å². The van der Waals surface area contributed by atoms with Gasteiger partial charge in [0.25, 0.3) is 0 Å². The molecule has 0 aliphatic heterocycles. The van der Waals surface area contributed by atoms with Crippen molar-refractivity contribution in [3.63, 3.8) is 0 Å². The van der Waals surface area contributed by atoms with Crippen molar-refractivity contribution in [3.8, 4) is 0 Å². The van der Waals surface area contributed by atoms with Crippen molar-refractivity contribution < 1.29 is 8.78 Å². The van der Waals surface area contributed by atoms with E-state index < -0.39 is 11.6 Å². The van der Waals surface area contributed by atoms with Crippen LogP contribution in [-0.4, -0.2) is 11.5 Å². The molecule has 4 heteroatoms. The first-order chi connectivity index (χ1) is 10.2. The highest BCUT2D eigenvalue weighted by molar-refractivity contribution is 5.36. The molecule has 0 spiro atoms. The molecular formula is C17H20F2N2. The van der Waals surface area contributed by atoms with E-state index in [1.54, 1.807) is 12.3 Å². The molecule has 0 fully saturated rings. The number of nitrogens with zero attached hydrogens (tertiary/aromatic N) is 1. The SMILES string of the molecule is CCCNC(c1ccc(F)c(F)c1)c1ccncc1CC. The predicted octanol–water partition coefficient (Wildman–Crippen LogP) is 4.01. The lowest BCUT2D eigenvalue weighted by atomic mass is 9.94. The average molecular weight is 290 g/mol. The maximum Gasteiger partial charge on any atom is 0.159 e. The number of nitrogens with one attached hydrogen (secondary N) is 1. The maximum atomic E-state index is 13.5. The number of aryl methyl sites for hydroxylation is 1. The molecule has 1 aromatic heterocycles. The van der Waals surface area contributed by atoms with Crippen LogP contribution in [0.5, 0.6) is 0 Å². The lowest BCUT2D eigenvalue weighted by Gasteiger charge is -2.22. The molecule has 1 unspecified atom stereocenters. The number of halogens is 2. The number of hydrogen-bond donors (Lipinski definition) is 1. The van der Waals surface area contributed by atoms with Gasteiger partial charge in [0.2, 0.25) is 0 Å². The minimum atomic E-state index is -0.821. The molecule has 0 bridgehead atoms. The van der Waals surface area contributed by atoms with E-state index in [4.69, 9.17) is 0 Å². The monoisotopic (exact) mass is 290 g/mol. The van der Waals surface area contributed by atoms with E-state index in [-0.39, 0.29) is 6.04 Å². The summed E-state index contributed by atoms with van der Waals surface area (Å²) in [5.41, 5.74) is 2.89. The molecule has 21 heavy (non-hydrogen) atoms. The fourth-order valence-corrected chi connectivity index (χ4v) is 2.40. The standard InChI is InChI=1S/C17H20F2N2/c1-3-8-21-17(13-5-6-15(18)16(19)10-13)14-7-9-20-11-12(14)4-2/h5-7,9-11,17,21H,3-4,8H2,1-2H3. The largest absolute Gasteiger partial charge is 0.306 e. The number of benzene rings is 1. The lowest BCUT2D eigenvalue weighted by Crippen LogP contribution is -2.24. The van der Waals surface area contributed by atoms with E-state index in [9.17, 15) is 8.78 Å². The van der Waals surface area contributed by atoms with Gasteiger partial charge in [-0.1, -0.05) is 19.9 Å². The molecule has 0 saturated heterocycles. The zero-order chi connectivity index (χ0) is 15.2. The van der Waals surface area contributed by atoms with Crippen molar-refractivity contribution in [1.29, 1.82) is 0 Å². The zero-order valence-corrected chi connectivity index (χ0v) is 12.4. The molecular weight excluding hydrogens is 270 g/mol. The van der Waals surface area contributed by atoms with Crippen LogP contribution in [0, 0.1) is 11.6 Å². The van der Waals surface area contributed by atoms with Crippen LogP contribution in [0.3, 0.4) is 0 Å². The molecule has 0 radical (unpaired) electrons. The summed E-state index contributed by atoms with van der Waals surface area (Å²) in [4.78, 5) is 4.14. The Labute approximate surface area is 124 Å². The number of aromatic nitrogens is 1. The van der Waals surface area contributed by atoms with Gasteiger partial charge in [-0.05, 0) is 54.3 Å². The molecule has 2 aromatic rings. The second kappa shape index (κ2) is 7.27. The van der Waals surface area contributed by atoms with E-state index in [0.29, 0.717) is 0 Å². The molecule has 112 valence electrons. The molecule has 0 amide bonds. The molecule has 2 rings (SSSR count). The van der Waals surface area contributed by atoms with Gasteiger partial charge >= 0.3 is 0 Å². The quantitative estimate of drug-likeness (QED) is 0.869. The first kappa shape index (κ1) is 15.6. The summed E-state index contributed by atoms with van der Waals surface area (Å²) >= 11 is 0. The smallest absolute Gasteiger partial charge is 0.159 e. The third-order valence-corrected chi connectivity index (χ3v) is 3.51. The summed E-state index contributed by atoms with van der Waals surface area (Å²) in [7, 11) is 0. The summed E-state index contributed by atoms with van der Waals surface area (Å²) < 4.78 is 26.7. The van der Waals surface area contributed by atoms with Crippen LogP contribution in [0.1, 0.15) is 43.0 Å². The van der Waals surface area contributed by atoms with Gasteiger partial charge in [0, 0.05) is 12.4 Å². The highest BCUT2D eigenvalue weighted by atomic mass is 19.2. The number of pyridine rings is 1. The van der Waals surface area contributed by atoms with E-state index >= 15 is 0 Å². The predicted molar refractivity (Wildman–Crippen MR) is 80.1 cm³/mol. The normalized spacial score (nSPS) is 12.4. The van der Waals surface area contributed by atoms with Gasteiger partial charge in [0.1, 0.15) is 0 Å². The molecule has 0 aliphatic rings. The Morgan fingerprint density at radius 3 is 2.62 bits per heavy atom. The van der Waals surface area contributed by atoms with Gasteiger partial charge in [0.05, 0.1) is 6.04 Å². The van der Waals surface area contributed by atoms with Crippen LogP contribution >= 0.6 is 0 Å². The Morgan fingerprint density at radius 1 is 1.14 bits per heavy atom.